The van der Waals surface area contributed by atoms with E-state index in [-0.39, 0.29) is 16.3 Å². The molecule has 0 aliphatic heterocycles. The van der Waals surface area contributed by atoms with Crippen molar-refractivity contribution in [1.82, 2.24) is 0 Å². The molecule has 0 saturated carbocycles. The molecule has 0 atom stereocenters. The molecule has 0 bridgehead atoms. The quantitative estimate of drug-likeness (QED) is 0.786. The molecular weight excluding hydrogens is 356 g/mol. The molecule has 0 aliphatic carbocycles. The molecule has 2 nitrogen and oxygen atoms in total. The van der Waals surface area contributed by atoms with E-state index in [0.717, 1.165) is 0 Å². The summed E-state index contributed by atoms with van der Waals surface area (Å²) in [6.45, 7) is 0. The SMILES string of the molecule is O=C(Nc1cc(Cl)ccc1F)c1cccc(Br)c1Cl. The number of carbonyl (C=O) groups excluding carboxylic acids is 1. The molecule has 2 aromatic rings. The minimum absolute atomic E-state index is 0.00791. The lowest BCUT2D eigenvalue weighted by atomic mass is 10.2. The number of hydrogen-bond donors (Lipinski definition) is 1. The minimum Gasteiger partial charge on any atom is -0.319 e. The number of carbonyl (C=O) groups is 1. The van der Waals surface area contributed by atoms with Crippen molar-refractivity contribution in [3.05, 3.63) is 62.3 Å². The number of benzene rings is 2. The van der Waals surface area contributed by atoms with Crippen molar-refractivity contribution in [3.8, 4) is 0 Å². The molecular formula is C13H7BrCl2FNO. The molecule has 1 amide bonds. The molecule has 0 unspecified atom stereocenters. The van der Waals surface area contributed by atoms with Crippen LogP contribution in [0.2, 0.25) is 10.0 Å². The van der Waals surface area contributed by atoms with Gasteiger partial charge in [-0.2, -0.15) is 0 Å². The van der Waals surface area contributed by atoms with Crippen LogP contribution in [0.4, 0.5) is 10.1 Å². The fraction of sp³-hybridized carbons (Fsp3) is 0. The van der Waals surface area contributed by atoms with Crippen LogP contribution in [-0.2, 0) is 0 Å². The first kappa shape index (κ1) is 14.3. The smallest absolute Gasteiger partial charge is 0.257 e. The molecule has 0 aromatic heterocycles. The summed E-state index contributed by atoms with van der Waals surface area (Å²) in [5.41, 5.74) is 0.254. The van der Waals surface area contributed by atoms with Gasteiger partial charge in [0.15, 0.2) is 0 Å². The van der Waals surface area contributed by atoms with E-state index in [4.69, 9.17) is 23.2 Å². The summed E-state index contributed by atoms with van der Waals surface area (Å²) in [6.07, 6.45) is 0. The van der Waals surface area contributed by atoms with Gasteiger partial charge in [0.05, 0.1) is 16.3 Å². The van der Waals surface area contributed by atoms with Crippen molar-refractivity contribution in [2.75, 3.05) is 5.32 Å². The van der Waals surface area contributed by atoms with Crippen LogP contribution >= 0.6 is 39.1 Å². The predicted molar refractivity (Wildman–Crippen MR) is 78.5 cm³/mol. The maximum absolute atomic E-state index is 13.5. The zero-order valence-electron chi connectivity index (χ0n) is 9.38. The summed E-state index contributed by atoms with van der Waals surface area (Å²) in [7, 11) is 0. The van der Waals surface area contributed by atoms with E-state index in [9.17, 15) is 9.18 Å². The number of amides is 1. The lowest BCUT2D eigenvalue weighted by molar-refractivity contribution is 0.102. The summed E-state index contributed by atoms with van der Waals surface area (Å²) in [4.78, 5) is 12.0. The summed E-state index contributed by atoms with van der Waals surface area (Å²) in [6, 6.07) is 8.84. The van der Waals surface area contributed by atoms with Crippen LogP contribution in [0.15, 0.2) is 40.9 Å². The average molecular weight is 363 g/mol. The van der Waals surface area contributed by atoms with Crippen molar-refractivity contribution in [3.63, 3.8) is 0 Å². The van der Waals surface area contributed by atoms with Gasteiger partial charge in [0.1, 0.15) is 5.82 Å². The van der Waals surface area contributed by atoms with Crippen LogP contribution in [0.25, 0.3) is 0 Å². The van der Waals surface area contributed by atoms with Gasteiger partial charge in [-0.1, -0.05) is 29.3 Å². The van der Waals surface area contributed by atoms with Crippen molar-refractivity contribution < 1.29 is 9.18 Å². The Morgan fingerprint density at radius 3 is 2.68 bits per heavy atom. The van der Waals surface area contributed by atoms with Gasteiger partial charge in [0.25, 0.3) is 5.91 Å². The molecule has 19 heavy (non-hydrogen) atoms. The highest BCUT2D eigenvalue weighted by molar-refractivity contribution is 9.10. The van der Waals surface area contributed by atoms with Crippen LogP contribution in [-0.4, -0.2) is 5.91 Å². The second kappa shape index (κ2) is 5.90. The topological polar surface area (TPSA) is 29.1 Å². The largest absolute Gasteiger partial charge is 0.319 e. The first-order valence-electron chi connectivity index (χ1n) is 5.19. The molecule has 2 aromatic carbocycles. The van der Waals surface area contributed by atoms with Crippen molar-refractivity contribution in [2.45, 2.75) is 0 Å². The normalized spacial score (nSPS) is 10.3. The van der Waals surface area contributed by atoms with Crippen molar-refractivity contribution in [2.24, 2.45) is 0 Å². The molecule has 0 aliphatic rings. The summed E-state index contributed by atoms with van der Waals surface area (Å²) in [5.74, 6) is -1.07. The van der Waals surface area contributed by atoms with Gasteiger partial charge in [0.2, 0.25) is 0 Å². The van der Waals surface area contributed by atoms with E-state index in [1.165, 1.54) is 18.2 Å². The first-order chi connectivity index (χ1) is 8.99. The lowest BCUT2D eigenvalue weighted by Crippen LogP contribution is -2.13. The molecule has 0 spiro atoms. The summed E-state index contributed by atoms with van der Waals surface area (Å²) in [5, 5.41) is 3.03. The standard InChI is InChI=1S/C13H7BrCl2FNO/c14-9-3-1-2-8(12(9)16)13(19)18-11-6-7(15)4-5-10(11)17/h1-6H,(H,18,19). The monoisotopic (exact) mass is 361 g/mol. The van der Waals surface area contributed by atoms with Crippen LogP contribution in [0.3, 0.4) is 0 Å². The van der Waals surface area contributed by atoms with E-state index in [1.807, 2.05) is 0 Å². The predicted octanol–water partition coefficient (Wildman–Crippen LogP) is 5.15. The second-order valence-electron chi connectivity index (χ2n) is 3.68. The molecule has 0 heterocycles. The van der Waals surface area contributed by atoms with E-state index < -0.39 is 11.7 Å². The van der Waals surface area contributed by atoms with Gasteiger partial charge in [-0.3, -0.25) is 4.79 Å². The highest BCUT2D eigenvalue weighted by Gasteiger charge is 2.14. The van der Waals surface area contributed by atoms with Gasteiger partial charge in [-0.15, -0.1) is 0 Å². The van der Waals surface area contributed by atoms with Crippen LogP contribution in [0.5, 0.6) is 0 Å². The van der Waals surface area contributed by atoms with Crippen LogP contribution < -0.4 is 5.32 Å². The highest BCUT2D eigenvalue weighted by atomic mass is 79.9. The lowest BCUT2D eigenvalue weighted by Gasteiger charge is -2.08. The Labute approximate surface area is 127 Å². The summed E-state index contributed by atoms with van der Waals surface area (Å²) < 4.78 is 14.1. The van der Waals surface area contributed by atoms with E-state index in [0.29, 0.717) is 9.50 Å². The molecule has 6 heteroatoms. The highest BCUT2D eigenvalue weighted by Crippen LogP contribution is 2.27. The van der Waals surface area contributed by atoms with Crippen molar-refractivity contribution >= 4 is 50.7 Å². The van der Waals surface area contributed by atoms with Crippen LogP contribution in [0.1, 0.15) is 10.4 Å². The summed E-state index contributed by atoms with van der Waals surface area (Å²) >= 11 is 15.0. The van der Waals surface area contributed by atoms with Crippen molar-refractivity contribution in [1.29, 1.82) is 0 Å². The molecule has 0 fully saturated rings. The third kappa shape index (κ3) is 3.26. The van der Waals surface area contributed by atoms with Gasteiger partial charge < -0.3 is 5.32 Å². The zero-order chi connectivity index (χ0) is 14.0. The number of anilines is 1. The molecule has 1 N–H and O–H groups in total. The Balaban J connectivity index is 2.31. The number of halogens is 4. The maximum atomic E-state index is 13.5. The third-order valence-electron chi connectivity index (χ3n) is 2.37. The number of rotatable bonds is 2. The average Bonchev–Trinajstić information content (AvgIpc) is 2.37. The Morgan fingerprint density at radius 1 is 1.21 bits per heavy atom. The van der Waals surface area contributed by atoms with E-state index in [2.05, 4.69) is 21.2 Å². The Bertz CT molecular complexity index is 649. The number of hydrogen-bond acceptors (Lipinski definition) is 1. The first-order valence-corrected chi connectivity index (χ1v) is 6.74. The molecule has 2 rings (SSSR count). The Hall–Kier alpha value is -1.10. The third-order valence-corrected chi connectivity index (χ3v) is 3.90. The van der Waals surface area contributed by atoms with E-state index in [1.54, 1.807) is 18.2 Å². The molecule has 0 radical (unpaired) electrons. The fourth-order valence-electron chi connectivity index (χ4n) is 1.46. The van der Waals surface area contributed by atoms with Gasteiger partial charge in [0, 0.05) is 9.50 Å². The van der Waals surface area contributed by atoms with Gasteiger partial charge in [-0.25, -0.2) is 4.39 Å². The maximum Gasteiger partial charge on any atom is 0.257 e. The minimum atomic E-state index is -0.566. The van der Waals surface area contributed by atoms with Gasteiger partial charge in [-0.05, 0) is 46.3 Å². The Morgan fingerprint density at radius 2 is 1.95 bits per heavy atom. The molecule has 0 saturated heterocycles. The zero-order valence-corrected chi connectivity index (χ0v) is 12.5. The van der Waals surface area contributed by atoms with Crippen LogP contribution in [0, 0.1) is 5.82 Å². The Kier molecular flexibility index (Phi) is 4.45. The van der Waals surface area contributed by atoms with E-state index >= 15 is 0 Å². The molecule has 98 valence electrons. The second-order valence-corrected chi connectivity index (χ2v) is 5.35. The van der Waals surface area contributed by atoms with Gasteiger partial charge >= 0.3 is 0 Å². The fourth-order valence-corrected chi connectivity index (χ4v) is 2.21. The number of nitrogens with one attached hydrogen (secondary N) is 1.